The van der Waals surface area contributed by atoms with Crippen LogP contribution in [0.15, 0.2) is 48.5 Å². The first kappa shape index (κ1) is 74.3. The van der Waals surface area contributed by atoms with Crippen molar-refractivity contribution in [3.05, 3.63) is 59.7 Å². The number of anilines is 2. The summed E-state index contributed by atoms with van der Waals surface area (Å²) in [4.78, 5) is 112. The van der Waals surface area contributed by atoms with Gasteiger partial charge >= 0.3 is 0 Å². The first-order valence-electron chi connectivity index (χ1n) is 29.4. The number of nitrogens with one attached hydrogen (secondary N) is 4. The third-order valence-electron chi connectivity index (χ3n) is 15.4. The van der Waals surface area contributed by atoms with Gasteiger partial charge in [0.25, 0.3) is 0 Å². The Labute approximate surface area is 519 Å². The Morgan fingerprint density at radius 3 is 1.86 bits per heavy atom. The van der Waals surface area contributed by atoms with Gasteiger partial charge in [-0.15, -0.1) is 0 Å². The van der Waals surface area contributed by atoms with Crippen molar-refractivity contribution in [2.24, 2.45) is 23.7 Å². The van der Waals surface area contributed by atoms with E-state index in [2.05, 4.69) is 53.1 Å². The molecule has 5 N–H and O–H groups in total. The van der Waals surface area contributed by atoms with Crippen molar-refractivity contribution >= 4 is 90.4 Å². The molecule has 3 rings (SSSR count). The summed E-state index contributed by atoms with van der Waals surface area (Å²) in [5.41, 5.74) is 1.77. The Hall–Kier alpha value is -4.92. The van der Waals surface area contributed by atoms with Gasteiger partial charge in [0.1, 0.15) is 18.7 Å². The van der Waals surface area contributed by atoms with Crippen molar-refractivity contribution < 1.29 is 71.9 Å². The van der Waals surface area contributed by atoms with E-state index in [0.717, 1.165) is 0 Å². The molecule has 0 saturated carbocycles. The summed E-state index contributed by atoms with van der Waals surface area (Å²) in [5, 5.41) is 22.3. The molecule has 0 radical (unpaired) electrons. The predicted molar refractivity (Wildman–Crippen MR) is 331 cm³/mol. The van der Waals surface area contributed by atoms with Crippen LogP contribution in [0.5, 0.6) is 0 Å². The van der Waals surface area contributed by atoms with Crippen LogP contribution in [0.4, 0.5) is 11.4 Å². The summed E-state index contributed by atoms with van der Waals surface area (Å²) in [6.07, 6.45) is 0.299. The van der Waals surface area contributed by atoms with Crippen molar-refractivity contribution in [2.45, 2.75) is 142 Å². The maximum absolute atomic E-state index is 14.7. The molecule has 24 heteroatoms. The van der Waals surface area contributed by atoms with Gasteiger partial charge in [0.15, 0.2) is 5.78 Å². The van der Waals surface area contributed by atoms with Crippen molar-refractivity contribution in [2.75, 3.05) is 109 Å². The van der Waals surface area contributed by atoms with Gasteiger partial charge < -0.3 is 69.5 Å². The Balaban J connectivity index is 1.47. The van der Waals surface area contributed by atoms with Crippen molar-refractivity contribution in [3.8, 4) is 0 Å². The van der Waals surface area contributed by atoms with E-state index < -0.39 is 66.3 Å². The summed E-state index contributed by atoms with van der Waals surface area (Å²) in [5.74, 6) is -4.10. The lowest BCUT2D eigenvalue weighted by atomic mass is 9.89. The molecule has 478 valence electrons. The summed E-state index contributed by atoms with van der Waals surface area (Å²) >= 11 is 6.19. The van der Waals surface area contributed by atoms with E-state index in [-0.39, 0.29) is 110 Å². The highest BCUT2D eigenvalue weighted by molar-refractivity contribution is 9.09. The van der Waals surface area contributed by atoms with Gasteiger partial charge in [-0.05, 0) is 67.7 Å². The number of methoxy groups -OCH3 is 2. The lowest BCUT2D eigenvalue weighted by Gasteiger charge is -2.41. The number of ketones is 1. The monoisotopic (exact) mass is 1320 g/mol. The highest BCUT2D eigenvalue weighted by Gasteiger charge is 2.44. The fraction of sp³-hybridized carbons (Fsp3) is 0.672. The fourth-order valence-corrected chi connectivity index (χ4v) is 10.7. The molecule has 1 fully saturated rings. The number of benzene rings is 2. The van der Waals surface area contributed by atoms with Gasteiger partial charge in [-0.2, -0.15) is 0 Å². The SMILES string of the molecule is CCC(C)C(C(CC(=O)N1CCCC1C(OC)C(C)C(=O)N[C@@H](C)[C@H](O)c1ccccc1)OC)N(C)C(=O)[C@@H](NC(=O)C(C(C)C)N(C)C(=O)COCCOCCOCCOCCCC(=O)c1ccc(NC(=O)CBr)c(NC(=O)CBr)c1)C(C)C. The number of likely N-dealkylation sites (tertiary alicyclic amines) is 1. The first-order chi connectivity index (χ1) is 40.5. The maximum Gasteiger partial charge on any atom is 0.249 e. The highest BCUT2D eigenvalue weighted by Crippen LogP contribution is 2.31. The Morgan fingerprint density at radius 1 is 0.718 bits per heavy atom. The number of alkyl halides is 2. The van der Waals surface area contributed by atoms with Crippen molar-refractivity contribution in [3.63, 3.8) is 0 Å². The Morgan fingerprint density at radius 2 is 1.31 bits per heavy atom. The minimum Gasteiger partial charge on any atom is -0.386 e. The highest BCUT2D eigenvalue weighted by atomic mass is 79.9. The van der Waals surface area contributed by atoms with E-state index in [1.54, 1.807) is 55.0 Å². The van der Waals surface area contributed by atoms with E-state index in [1.807, 2.05) is 59.7 Å². The molecular formula is C61H95Br2N7O15. The molecule has 85 heavy (non-hydrogen) atoms. The van der Waals surface area contributed by atoms with Crippen LogP contribution in [0.1, 0.15) is 116 Å². The van der Waals surface area contributed by atoms with Crippen LogP contribution in [-0.4, -0.2) is 208 Å². The van der Waals surface area contributed by atoms with Gasteiger partial charge in [0, 0.05) is 53.5 Å². The van der Waals surface area contributed by atoms with E-state index in [1.165, 1.54) is 32.2 Å². The summed E-state index contributed by atoms with van der Waals surface area (Å²) in [6, 6.07) is 10.3. The molecule has 1 aliphatic rings. The number of hydrogen-bond donors (Lipinski definition) is 5. The smallest absolute Gasteiger partial charge is 0.249 e. The molecule has 7 amide bonds. The summed E-state index contributed by atoms with van der Waals surface area (Å²) in [7, 11) is 6.24. The number of halogens is 2. The molecular weight excluding hydrogens is 1230 g/mol. The number of hydrogen-bond acceptors (Lipinski definition) is 15. The van der Waals surface area contributed by atoms with Crippen molar-refractivity contribution in [1.82, 2.24) is 25.3 Å². The number of carbonyl (C=O) groups excluding carboxylic acids is 8. The molecule has 10 atom stereocenters. The molecule has 1 saturated heterocycles. The number of nitrogens with zero attached hydrogens (tertiary/aromatic N) is 3. The predicted octanol–water partition coefficient (Wildman–Crippen LogP) is 6.17. The molecule has 22 nitrogen and oxygen atoms in total. The number of Topliss-reactive ketones (excluding diaryl/α,β-unsaturated/α-hetero) is 1. The number of carbonyl (C=O) groups is 8. The van der Waals surface area contributed by atoms with Crippen LogP contribution in [0.3, 0.4) is 0 Å². The van der Waals surface area contributed by atoms with Crippen LogP contribution in [0, 0.1) is 23.7 Å². The normalized spacial score (nSPS) is 16.5. The minimum atomic E-state index is -0.987. The number of aliphatic hydroxyl groups is 1. The second-order valence-electron chi connectivity index (χ2n) is 22.2. The Kier molecular flexibility index (Phi) is 34.2. The number of rotatable bonds is 40. The van der Waals surface area contributed by atoms with E-state index in [9.17, 15) is 43.5 Å². The minimum absolute atomic E-state index is 0.0469. The van der Waals surface area contributed by atoms with Crippen molar-refractivity contribution in [1.29, 1.82) is 0 Å². The van der Waals surface area contributed by atoms with E-state index in [4.69, 9.17) is 28.4 Å². The molecule has 0 aromatic heterocycles. The lowest BCUT2D eigenvalue weighted by molar-refractivity contribution is -0.149. The van der Waals surface area contributed by atoms with Crippen LogP contribution >= 0.6 is 31.9 Å². The molecule has 1 aliphatic heterocycles. The zero-order valence-corrected chi connectivity index (χ0v) is 55.0. The third kappa shape index (κ3) is 23.6. The zero-order chi connectivity index (χ0) is 63.3. The number of aliphatic hydroxyl groups excluding tert-OH is 1. The maximum atomic E-state index is 14.7. The summed E-state index contributed by atoms with van der Waals surface area (Å²) in [6.45, 7) is 16.7. The fourth-order valence-electron chi connectivity index (χ4n) is 10.4. The number of likely N-dealkylation sites (N-methyl/N-ethyl adjacent to an activating group) is 2. The Bertz CT molecular complexity index is 2420. The van der Waals surface area contributed by atoms with Crippen LogP contribution < -0.4 is 21.3 Å². The lowest BCUT2D eigenvalue weighted by Crippen LogP contribution is -2.60. The van der Waals surface area contributed by atoms with Crippen LogP contribution in [0.25, 0.3) is 0 Å². The van der Waals surface area contributed by atoms with Gasteiger partial charge in [-0.3, -0.25) is 38.4 Å². The first-order valence-corrected chi connectivity index (χ1v) is 31.6. The standard InChI is InChI=1S/C61H95Br2N7O15/c1-13-40(6)56(49(80-11)34-52(74)70-25-17-21-47(70)58(81-12)41(7)59(77)64-42(8)57(76)43-19-15-14-16-20-43)69(10)61(79)54(38(2)3)67-60(78)55(39(4)5)68(9)53(75)37-85-32-31-84-30-29-83-28-27-82-26-18-22-48(71)44-23-24-45(65-50(72)35-62)46(33-44)66-51(73)36-63/h14-16,19-20,23-24,33,38-42,47,49,54-58,76H,13,17-18,21-22,25-32,34-37H2,1-12H3,(H,64,77)(H,65,72)(H,66,73)(H,67,78)/t40?,41?,42-,47?,49?,54-,55?,56?,57-,58?/m0/s1. The molecule has 1 heterocycles. The second-order valence-corrected chi connectivity index (χ2v) is 23.3. The molecule has 0 spiro atoms. The average Bonchev–Trinajstić information content (AvgIpc) is 4.15. The van der Waals surface area contributed by atoms with Gasteiger partial charge in [0.2, 0.25) is 41.4 Å². The zero-order valence-electron chi connectivity index (χ0n) is 51.8. The second kappa shape index (κ2) is 39.1. The molecule has 0 aliphatic carbocycles. The third-order valence-corrected chi connectivity index (χ3v) is 16.4. The molecule has 2 aromatic rings. The topological polar surface area (TPSA) is 270 Å². The number of amides is 7. The van der Waals surface area contributed by atoms with Gasteiger partial charge in [-0.1, -0.05) is 117 Å². The summed E-state index contributed by atoms with van der Waals surface area (Å²) < 4.78 is 34.4. The molecule has 7 unspecified atom stereocenters. The quantitative estimate of drug-likeness (QED) is 0.0284. The van der Waals surface area contributed by atoms with Gasteiger partial charge in [-0.25, -0.2) is 0 Å². The van der Waals surface area contributed by atoms with E-state index in [0.29, 0.717) is 74.6 Å². The van der Waals surface area contributed by atoms with Crippen LogP contribution in [0.2, 0.25) is 0 Å². The van der Waals surface area contributed by atoms with E-state index >= 15 is 0 Å². The number of ether oxygens (including phenoxy) is 6. The van der Waals surface area contributed by atoms with Gasteiger partial charge in [0.05, 0.1) is 110 Å². The van der Waals surface area contributed by atoms with Crippen LogP contribution in [-0.2, 0) is 62.0 Å². The molecule has 2 aromatic carbocycles. The average molecular weight is 1330 g/mol. The molecule has 0 bridgehead atoms. The largest absolute Gasteiger partial charge is 0.386 e.